The number of aromatic amines is 1. The fourth-order valence-corrected chi connectivity index (χ4v) is 2.49. The Morgan fingerprint density at radius 3 is 2.74 bits per heavy atom. The van der Waals surface area contributed by atoms with Crippen LogP contribution < -0.4 is 0 Å². The van der Waals surface area contributed by atoms with Gasteiger partial charge in [-0.25, -0.2) is 4.79 Å². The highest BCUT2D eigenvalue weighted by Crippen LogP contribution is 2.30. The average molecular weight is 312 g/mol. The van der Waals surface area contributed by atoms with Crippen molar-refractivity contribution in [3.05, 3.63) is 41.4 Å². The summed E-state index contributed by atoms with van der Waals surface area (Å²) in [5.41, 5.74) is 4.08. The van der Waals surface area contributed by atoms with Crippen LogP contribution in [0.5, 0.6) is 0 Å². The fourth-order valence-electron chi connectivity index (χ4n) is 2.49. The summed E-state index contributed by atoms with van der Waals surface area (Å²) in [7, 11) is 0. The molecule has 23 heavy (non-hydrogen) atoms. The lowest BCUT2D eigenvalue weighted by molar-refractivity contribution is 0.0520. The Balaban J connectivity index is 2.05. The molecule has 1 N–H and O–H groups in total. The molecular weight excluding hydrogens is 296 g/mol. The number of H-pyrrole nitrogens is 1. The summed E-state index contributed by atoms with van der Waals surface area (Å²) in [5, 5.41) is 14.4. The van der Waals surface area contributed by atoms with E-state index >= 15 is 0 Å². The summed E-state index contributed by atoms with van der Waals surface area (Å²) in [4.78, 5) is 12.0. The van der Waals surface area contributed by atoms with Crippen LogP contribution in [0.2, 0.25) is 0 Å². The lowest BCUT2D eigenvalue weighted by Gasteiger charge is -2.04. The van der Waals surface area contributed by atoms with Gasteiger partial charge in [0.05, 0.1) is 12.3 Å². The Morgan fingerprint density at radius 1 is 1.26 bits per heavy atom. The van der Waals surface area contributed by atoms with Crippen LogP contribution in [0.25, 0.3) is 22.4 Å². The smallest absolute Gasteiger partial charge is 0.361 e. The second kappa shape index (κ2) is 6.04. The third-order valence-electron chi connectivity index (χ3n) is 3.47. The van der Waals surface area contributed by atoms with Gasteiger partial charge in [0, 0.05) is 11.1 Å². The first-order chi connectivity index (χ1) is 11.1. The predicted octanol–water partition coefficient (Wildman–Crippen LogP) is 2.92. The molecule has 0 fully saturated rings. The lowest BCUT2D eigenvalue weighted by atomic mass is 10.00. The number of rotatable bonds is 4. The molecule has 0 unspecified atom stereocenters. The standard InChI is InChI=1S/C16H16N4O3/c1-4-22-16(21)15-14(17-20-18-15)12-7-5-6-11(8-12)13-9(2)19-23-10(13)3/h5-8H,4H2,1-3H3,(H,17,18,20). The molecule has 2 aromatic heterocycles. The minimum atomic E-state index is -0.501. The molecule has 3 rings (SSSR count). The van der Waals surface area contributed by atoms with E-state index in [1.54, 1.807) is 6.92 Å². The van der Waals surface area contributed by atoms with Crippen LogP contribution in [0.3, 0.4) is 0 Å². The topological polar surface area (TPSA) is 93.9 Å². The number of ether oxygens (including phenoxy) is 1. The molecule has 1 aromatic carbocycles. The van der Waals surface area contributed by atoms with E-state index in [0.717, 1.165) is 28.1 Å². The Bertz CT molecular complexity index is 831. The summed E-state index contributed by atoms with van der Waals surface area (Å²) < 4.78 is 10.2. The van der Waals surface area contributed by atoms with Gasteiger partial charge in [0.1, 0.15) is 11.5 Å². The predicted molar refractivity (Wildman–Crippen MR) is 82.7 cm³/mol. The average Bonchev–Trinajstić information content (AvgIpc) is 3.15. The Labute approximate surface area is 132 Å². The molecule has 7 heteroatoms. The molecule has 7 nitrogen and oxygen atoms in total. The van der Waals surface area contributed by atoms with Crippen molar-refractivity contribution in [1.29, 1.82) is 0 Å². The van der Waals surface area contributed by atoms with E-state index in [2.05, 4.69) is 20.6 Å². The van der Waals surface area contributed by atoms with Gasteiger partial charge < -0.3 is 9.26 Å². The number of benzene rings is 1. The second-order valence-electron chi connectivity index (χ2n) is 5.02. The van der Waals surface area contributed by atoms with Crippen LogP contribution >= 0.6 is 0 Å². The van der Waals surface area contributed by atoms with Crippen LogP contribution in [-0.2, 0) is 4.74 Å². The normalized spacial score (nSPS) is 10.7. The number of esters is 1. The number of nitrogens with one attached hydrogen (secondary N) is 1. The van der Waals surface area contributed by atoms with Crippen LogP contribution in [-0.4, -0.2) is 33.1 Å². The number of hydrogen-bond acceptors (Lipinski definition) is 6. The van der Waals surface area contributed by atoms with Gasteiger partial charge in [-0.3, -0.25) is 0 Å². The lowest BCUT2D eigenvalue weighted by Crippen LogP contribution is -2.06. The summed E-state index contributed by atoms with van der Waals surface area (Å²) in [6.45, 7) is 5.78. The highest BCUT2D eigenvalue weighted by Gasteiger charge is 2.20. The van der Waals surface area contributed by atoms with Gasteiger partial charge in [0.25, 0.3) is 0 Å². The SMILES string of the molecule is CCOC(=O)c1n[nH]nc1-c1cccc(-c2c(C)noc2C)c1. The highest BCUT2D eigenvalue weighted by atomic mass is 16.5. The highest BCUT2D eigenvalue weighted by molar-refractivity contribution is 5.94. The van der Waals surface area contributed by atoms with E-state index in [1.165, 1.54) is 0 Å². The van der Waals surface area contributed by atoms with Gasteiger partial charge in [-0.15, -0.1) is 5.10 Å². The van der Waals surface area contributed by atoms with Crippen LogP contribution in [0, 0.1) is 13.8 Å². The number of carbonyl (C=O) groups is 1. The molecule has 0 saturated heterocycles. The summed E-state index contributed by atoms with van der Waals surface area (Å²) in [5.74, 6) is 0.240. The molecule has 0 saturated carbocycles. The van der Waals surface area contributed by atoms with E-state index in [0.29, 0.717) is 5.69 Å². The van der Waals surface area contributed by atoms with Crippen molar-refractivity contribution in [2.75, 3.05) is 6.61 Å². The molecule has 0 radical (unpaired) electrons. The maximum absolute atomic E-state index is 12.0. The molecule has 0 spiro atoms. The second-order valence-corrected chi connectivity index (χ2v) is 5.02. The molecule has 2 heterocycles. The zero-order valence-electron chi connectivity index (χ0n) is 13.1. The Morgan fingerprint density at radius 2 is 2.04 bits per heavy atom. The first-order valence-corrected chi connectivity index (χ1v) is 7.23. The number of aryl methyl sites for hydroxylation is 2. The van der Waals surface area contributed by atoms with E-state index < -0.39 is 5.97 Å². The number of aromatic nitrogens is 4. The molecule has 0 atom stereocenters. The van der Waals surface area contributed by atoms with Crippen molar-refractivity contribution in [1.82, 2.24) is 20.6 Å². The monoisotopic (exact) mass is 312 g/mol. The van der Waals surface area contributed by atoms with Crippen molar-refractivity contribution in [3.8, 4) is 22.4 Å². The summed E-state index contributed by atoms with van der Waals surface area (Å²) >= 11 is 0. The third-order valence-corrected chi connectivity index (χ3v) is 3.47. The van der Waals surface area contributed by atoms with E-state index in [9.17, 15) is 4.79 Å². The van der Waals surface area contributed by atoms with Crippen molar-refractivity contribution < 1.29 is 14.1 Å². The first kappa shape index (κ1) is 15.0. The number of nitrogens with zero attached hydrogens (tertiary/aromatic N) is 3. The Hall–Kier alpha value is -2.96. The minimum Gasteiger partial charge on any atom is -0.461 e. The molecular formula is C16H16N4O3. The molecule has 0 aliphatic heterocycles. The molecule has 3 aromatic rings. The zero-order chi connectivity index (χ0) is 16.4. The van der Waals surface area contributed by atoms with E-state index in [4.69, 9.17) is 9.26 Å². The zero-order valence-corrected chi connectivity index (χ0v) is 13.1. The third kappa shape index (κ3) is 2.73. The van der Waals surface area contributed by atoms with Gasteiger partial charge >= 0.3 is 5.97 Å². The number of carbonyl (C=O) groups excluding carboxylic acids is 1. The maximum Gasteiger partial charge on any atom is 0.361 e. The van der Waals surface area contributed by atoms with E-state index in [1.807, 2.05) is 38.1 Å². The quantitative estimate of drug-likeness (QED) is 0.744. The van der Waals surface area contributed by atoms with Gasteiger partial charge in [-0.05, 0) is 32.4 Å². The minimum absolute atomic E-state index is 0.169. The van der Waals surface area contributed by atoms with Gasteiger partial charge in [-0.2, -0.15) is 10.3 Å². The fraction of sp³-hybridized carbons (Fsp3) is 0.250. The summed E-state index contributed by atoms with van der Waals surface area (Å²) in [6.07, 6.45) is 0. The van der Waals surface area contributed by atoms with Crippen molar-refractivity contribution in [2.24, 2.45) is 0 Å². The van der Waals surface area contributed by atoms with Crippen LogP contribution in [0.1, 0.15) is 28.9 Å². The van der Waals surface area contributed by atoms with E-state index in [-0.39, 0.29) is 12.3 Å². The molecule has 0 bridgehead atoms. The largest absolute Gasteiger partial charge is 0.461 e. The Kier molecular flexibility index (Phi) is 3.92. The van der Waals surface area contributed by atoms with Crippen LogP contribution in [0.15, 0.2) is 28.8 Å². The molecule has 118 valence electrons. The first-order valence-electron chi connectivity index (χ1n) is 7.23. The van der Waals surface area contributed by atoms with Gasteiger partial charge in [-0.1, -0.05) is 23.4 Å². The van der Waals surface area contributed by atoms with Crippen molar-refractivity contribution >= 4 is 5.97 Å². The van der Waals surface area contributed by atoms with Gasteiger partial charge in [0.2, 0.25) is 0 Å². The summed E-state index contributed by atoms with van der Waals surface area (Å²) in [6, 6.07) is 7.63. The molecule has 0 amide bonds. The number of hydrogen-bond donors (Lipinski definition) is 1. The van der Waals surface area contributed by atoms with Crippen molar-refractivity contribution in [2.45, 2.75) is 20.8 Å². The van der Waals surface area contributed by atoms with Crippen molar-refractivity contribution in [3.63, 3.8) is 0 Å². The molecule has 0 aliphatic rings. The van der Waals surface area contributed by atoms with Gasteiger partial charge in [0.15, 0.2) is 5.69 Å². The maximum atomic E-state index is 12.0. The van der Waals surface area contributed by atoms with Crippen LogP contribution in [0.4, 0.5) is 0 Å². The molecule has 0 aliphatic carbocycles.